The molecule has 0 radical (unpaired) electrons. The molecule has 1 aromatic carbocycles. The van der Waals surface area contributed by atoms with Crippen LogP contribution in [-0.4, -0.2) is 25.4 Å². The molecule has 0 unspecified atom stereocenters. The fourth-order valence-electron chi connectivity index (χ4n) is 1.24. The smallest absolute Gasteiger partial charge is 0.139 e. The van der Waals surface area contributed by atoms with E-state index in [1.165, 1.54) is 0 Å². The number of aliphatic hydroxyl groups excluding tert-OH is 1. The van der Waals surface area contributed by atoms with E-state index in [0.29, 0.717) is 10.8 Å². The number of unbranched alkanes of at least 4 members (excludes halogenated alkanes) is 1. The largest absolute Gasteiger partial charge is 0.495 e. The zero-order valence-corrected chi connectivity index (χ0v) is 9.55. The van der Waals surface area contributed by atoms with E-state index in [9.17, 15) is 0 Å². The maximum absolute atomic E-state index is 8.62. The van der Waals surface area contributed by atoms with Crippen molar-refractivity contribution in [3.8, 4) is 5.75 Å². The molecule has 0 aromatic heterocycles. The Kier molecular flexibility index (Phi) is 5.29. The van der Waals surface area contributed by atoms with Crippen LogP contribution in [0, 0.1) is 0 Å². The van der Waals surface area contributed by atoms with Gasteiger partial charge in [-0.25, -0.2) is 0 Å². The number of halogens is 1. The van der Waals surface area contributed by atoms with Crippen molar-refractivity contribution >= 4 is 17.3 Å². The molecule has 1 aromatic rings. The summed E-state index contributed by atoms with van der Waals surface area (Å²) in [5.41, 5.74) is 0.981. The lowest BCUT2D eigenvalue weighted by atomic mass is 10.2. The average Bonchev–Trinajstić information content (AvgIpc) is 2.26. The van der Waals surface area contributed by atoms with Crippen LogP contribution >= 0.6 is 11.6 Å². The lowest BCUT2D eigenvalue weighted by Gasteiger charge is -2.08. The number of methoxy groups -OCH3 is 1. The van der Waals surface area contributed by atoms with Gasteiger partial charge in [0.1, 0.15) is 5.75 Å². The Bertz CT molecular complexity index is 305. The Morgan fingerprint density at radius 3 is 2.87 bits per heavy atom. The molecule has 84 valence electrons. The summed E-state index contributed by atoms with van der Waals surface area (Å²) in [6.07, 6.45) is 1.76. The van der Waals surface area contributed by atoms with Gasteiger partial charge in [0, 0.05) is 24.9 Å². The van der Waals surface area contributed by atoms with Crippen molar-refractivity contribution in [2.24, 2.45) is 0 Å². The molecule has 0 spiro atoms. The first-order valence-electron chi connectivity index (χ1n) is 4.96. The minimum absolute atomic E-state index is 0.242. The molecule has 0 aliphatic carbocycles. The normalized spacial score (nSPS) is 10.1. The molecule has 4 heteroatoms. The fraction of sp³-hybridized carbons (Fsp3) is 0.455. The third kappa shape index (κ3) is 3.98. The number of hydrogen-bond acceptors (Lipinski definition) is 3. The van der Waals surface area contributed by atoms with E-state index < -0.39 is 0 Å². The summed E-state index contributed by atoms with van der Waals surface area (Å²) >= 11 is 5.89. The molecule has 0 heterocycles. The molecular weight excluding hydrogens is 214 g/mol. The number of anilines is 1. The number of ether oxygens (including phenoxy) is 1. The average molecular weight is 230 g/mol. The highest BCUT2D eigenvalue weighted by molar-refractivity contribution is 6.32. The van der Waals surface area contributed by atoms with E-state index in [2.05, 4.69) is 5.32 Å². The quantitative estimate of drug-likeness (QED) is 0.737. The van der Waals surface area contributed by atoms with Crippen molar-refractivity contribution in [3.05, 3.63) is 23.2 Å². The van der Waals surface area contributed by atoms with Gasteiger partial charge in [0.15, 0.2) is 0 Å². The third-order valence-corrected chi connectivity index (χ3v) is 2.38. The lowest BCUT2D eigenvalue weighted by molar-refractivity contribution is 0.286. The van der Waals surface area contributed by atoms with Crippen LogP contribution in [0.1, 0.15) is 12.8 Å². The van der Waals surface area contributed by atoms with Gasteiger partial charge in [-0.15, -0.1) is 0 Å². The van der Waals surface area contributed by atoms with Crippen molar-refractivity contribution < 1.29 is 9.84 Å². The minimum Gasteiger partial charge on any atom is -0.495 e. The number of rotatable bonds is 6. The van der Waals surface area contributed by atoms with Gasteiger partial charge in [0.05, 0.1) is 12.1 Å². The predicted octanol–water partition coefficient (Wildman–Crippen LogP) is 2.53. The number of nitrogens with one attached hydrogen (secondary N) is 1. The summed E-state index contributed by atoms with van der Waals surface area (Å²) < 4.78 is 5.10. The van der Waals surface area contributed by atoms with E-state index >= 15 is 0 Å². The molecule has 0 bridgehead atoms. The molecule has 0 atom stereocenters. The Morgan fingerprint density at radius 1 is 1.40 bits per heavy atom. The van der Waals surface area contributed by atoms with Gasteiger partial charge in [-0.05, 0) is 25.0 Å². The van der Waals surface area contributed by atoms with Gasteiger partial charge in [-0.2, -0.15) is 0 Å². The summed E-state index contributed by atoms with van der Waals surface area (Å²) in [6.45, 7) is 1.08. The van der Waals surface area contributed by atoms with Gasteiger partial charge in [0.2, 0.25) is 0 Å². The molecule has 0 aliphatic rings. The van der Waals surface area contributed by atoms with Crippen molar-refractivity contribution in [2.45, 2.75) is 12.8 Å². The van der Waals surface area contributed by atoms with Crippen molar-refractivity contribution in [1.82, 2.24) is 0 Å². The molecule has 0 saturated heterocycles. The van der Waals surface area contributed by atoms with Crippen LogP contribution in [0.3, 0.4) is 0 Å². The summed E-state index contributed by atoms with van der Waals surface area (Å²) in [5, 5.41) is 12.5. The first-order chi connectivity index (χ1) is 7.27. The first-order valence-corrected chi connectivity index (χ1v) is 5.34. The van der Waals surface area contributed by atoms with Gasteiger partial charge in [0.25, 0.3) is 0 Å². The zero-order chi connectivity index (χ0) is 11.1. The molecular formula is C11H16ClNO2. The molecule has 15 heavy (non-hydrogen) atoms. The zero-order valence-electron chi connectivity index (χ0n) is 8.79. The number of aliphatic hydroxyl groups is 1. The molecule has 0 saturated carbocycles. The second-order valence-electron chi connectivity index (χ2n) is 3.21. The summed E-state index contributed by atoms with van der Waals surface area (Å²) in [6, 6.07) is 5.57. The maximum Gasteiger partial charge on any atom is 0.139 e. The van der Waals surface area contributed by atoms with E-state index in [-0.39, 0.29) is 6.61 Å². The van der Waals surface area contributed by atoms with E-state index in [1.807, 2.05) is 12.1 Å². The maximum atomic E-state index is 8.62. The van der Waals surface area contributed by atoms with Crippen LogP contribution in [-0.2, 0) is 0 Å². The van der Waals surface area contributed by atoms with E-state index in [1.54, 1.807) is 13.2 Å². The van der Waals surface area contributed by atoms with Crippen LogP contribution in [0.5, 0.6) is 5.75 Å². The SMILES string of the molecule is COc1cc(NCCCCO)ccc1Cl. The van der Waals surface area contributed by atoms with Gasteiger partial charge in [-0.3, -0.25) is 0 Å². The Labute approximate surface area is 95.0 Å². The topological polar surface area (TPSA) is 41.5 Å². The minimum atomic E-state index is 0.242. The van der Waals surface area contributed by atoms with Crippen LogP contribution < -0.4 is 10.1 Å². The summed E-state index contributed by atoms with van der Waals surface area (Å²) in [5.74, 6) is 0.670. The molecule has 1 rings (SSSR count). The first kappa shape index (κ1) is 12.1. The second kappa shape index (κ2) is 6.53. The van der Waals surface area contributed by atoms with Crippen molar-refractivity contribution in [1.29, 1.82) is 0 Å². The highest BCUT2D eigenvalue weighted by Gasteiger charge is 2.00. The van der Waals surface area contributed by atoms with E-state index in [4.69, 9.17) is 21.4 Å². The van der Waals surface area contributed by atoms with E-state index in [0.717, 1.165) is 25.1 Å². The fourth-order valence-corrected chi connectivity index (χ4v) is 1.43. The Balaban J connectivity index is 2.47. The van der Waals surface area contributed by atoms with Crippen molar-refractivity contribution in [3.63, 3.8) is 0 Å². The van der Waals surface area contributed by atoms with Crippen LogP contribution in [0.4, 0.5) is 5.69 Å². The molecule has 2 N–H and O–H groups in total. The predicted molar refractivity (Wildman–Crippen MR) is 62.8 cm³/mol. The Morgan fingerprint density at radius 2 is 2.20 bits per heavy atom. The highest BCUT2D eigenvalue weighted by Crippen LogP contribution is 2.27. The number of hydrogen-bond donors (Lipinski definition) is 2. The highest BCUT2D eigenvalue weighted by atomic mass is 35.5. The molecule has 0 aliphatic heterocycles. The summed E-state index contributed by atoms with van der Waals surface area (Å²) in [7, 11) is 1.59. The summed E-state index contributed by atoms with van der Waals surface area (Å²) in [4.78, 5) is 0. The lowest BCUT2D eigenvalue weighted by Crippen LogP contribution is -2.02. The number of benzene rings is 1. The van der Waals surface area contributed by atoms with Crippen molar-refractivity contribution in [2.75, 3.05) is 25.6 Å². The van der Waals surface area contributed by atoms with Crippen LogP contribution in [0.25, 0.3) is 0 Å². The Hall–Kier alpha value is -0.930. The van der Waals surface area contributed by atoms with Gasteiger partial charge < -0.3 is 15.2 Å². The monoisotopic (exact) mass is 229 g/mol. The standard InChI is InChI=1S/C11H16ClNO2/c1-15-11-8-9(4-5-10(11)12)13-6-2-3-7-14/h4-5,8,13-14H,2-3,6-7H2,1H3. The molecule has 0 amide bonds. The second-order valence-corrected chi connectivity index (χ2v) is 3.61. The van der Waals surface area contributed by atoms with Crippen LogP contribution in [0.2, 0.25) is 5.02 Å². The van der Waals surface area contributed by atoms with Gasteiger partial charge in [-0.1, -0.05) is 11.6 Å². The molecule has 0 fully saturated rings. The van der Waals surface area contributed by atoms with Crippen LogP contribution in [0.15, 0.2) is 18.2 Å². The van der Waals surface area contributed by atoms with Gasteiger partial charge >= 0.3 is 0 Å². The molecule has 3 nitrogen and oxygen atoms in total. The third-order valence-electron chi connectivity index (χ3n) is 2.07.